The third-order valence-corrected chi connectivity index (χ3v) is 5.89. The van der Waals surface area contributed by atoms with Crippen LogP contribution in [0.1, 0.15) is 55.7 Å². The average Bonchev–Trinajstić information content (AvgIpc) is 3.01. The summed E-state index contributed by atoms with van der Waals surface area (Å²) in [5.74, 6) is 1.72. The maximum absolute atomic E-state index is 2.54. The maximum atomic E-state index is 2.54. The minimum Gasteiger partial charge on any atom is -0.0851 e. The molecule has 0 N–H and O–H groups in total. The van der Waals surface area contributed by atoms with Crippen molar-refractivity contribution < 1.29 is 0 Å². The van der Waals surface area contributed by atoms with E-state index in [9.17, 15) is 0 Å². The van der Waals surface area contributed by atoms with Crippen LogP contribution < -0.4 is 0 Å². The Hall–Kier alpha value is -1.04. The molecule has 0 heterocycles. The van der Waals surface area contributed by atoms with Gasteiger partial charge in [-0.2, -0.15) is 0 Å². The summed E-state index contributed by atoms with van der Waals surface area (Å²) < 4.78 is 0. The minimum absolute atomic E-state index is 0.525. The number of allylic oxidation sites excluding steroid dienone is 2. The Balaban J connectivity index is 1.83. The lowest BCUT2D eigenvalue weighted by Gasteiger charge is -2.42. The fraction of sp³-hybridized carbons (Fsp3) is 0.579. The van der Waals surface area contributed by atoms with Gasteiger partial charge in [-0.05, 0) is 67.1 Å². The monoisotopic (exact) mass is 252 g/mol. The summed E-state index contributed by atoms with van der Waals surface area (Å²) in [6, 6.07) is 7.17. The molecule has 0 radical (unpaired) electrons. The van der Waals surface area contributed by atoms with Crippen molar-refractivity contribution in [2.24, 2.45) is 11.8 Å². The van der Waals surface area contributed by atoms with Gasteiger partial charge >= 0.3 is 0 Å². The first kappa shape index (κ1) is 11.8. The van der Waals surface area contributed by atoms with Gasteiger partial charge in [0.05, 0.1) is 0 Å². The number of fused-ring (bicyclic) bond motifs is 5. The topological polar surface area (TPSA) is 0 Å². The van der Waals surface area contributed by atoms with Crippen molar-refractivity contribution >= 4 is 0 Å². The van der Waals surface area contributed by atoms with E-state index in [4.69, 9.17) is 0 Å². The third-order valence-electron chi connectivity index (χ3n) is 5.89. The Morgan fingerprint density at radius 1 is 1.26 bits per heavy atom. The molecule has 1 aromatic carbocycles. The molecule has 3 unspecified atom stereocenters. The van der Waals surface area contributed by atoms with E-state index in [1.807, 2.05) is 0 Å². The molecule has 1 aromatic rings. The molecular weight excluding hydrogens is 228 g/mol. The van der Waals surface area contributed by atoms with Crippen LogP contribution in [0.3, 0.4) is 0 Å². The van der Waals surface area contributed by atoms with Crippen LogP contribution in [-0.4, -0.2) is 0 Å². The lowest BCUT2D eigenvalue weighted by molar-refractivity contribution is 0.303. The van der Waals surface area contributed by atoms with E-state index in [-0.39, 0.29) is 0 Å². The number of rotatable bonds is 2. The molecule has 19 heavy (non-hydrogen) atoms. The highest BCUT2D eigenvalue weighted by atomic mass is 14.5. The van der Waals surface area contributed by atoms with Crippen LogP contribution in [0, 0.1) is 11.8 Å². The largest absolute Gasteiger partial charge is 0.0851 e. The zero-order valence-electron chi connectivity index (χ0n) is 12.0. The van der Waals surface area contributed by atoms with Crippen LogP contribution in [0.25, 0.3) is 0 Å². The first-order chi connectivity index (χ1) is 9.33. The minimum atomic E-state index is 0.525. The van der Waals surface area contributed by atoms with Crippen LogP contribution in [0.15, 0.2) is 30.4 Å². The molecular formula is C19H24. The van der Waals surface area contributed by atoms with E-state index < -0.39 is 0 Å². The molecule has 0 saturated heterocycles. The van der Waals surface area contributed by atoms with E-state index in [1.165, 1.54) is 44.9 Å². The molecule has 1 spiro atoms. The number of hydrogen-bond acceptors (Lipinski definition) is 0. The molecule has 100 valence electrons. The van der Waals surface area contributed by atoms with Gasteiger partial charge in [0, 0.05) is 5.41 Å². The van der Waals surface area contributed by atoms with Crippen molar-refractivity contribution in [3.8, 4) is 0 Å². The van der Waals surface area contributed by atoms with Crippen LogP contribution in [0.2, 0.25) is 0 Å². The molecule has 4 rings (SSSR count). The summed E-state index contributed by atoms with van der Waals surface area (Å²) in [6.07, 6.45) is 14.6. The van der Waals surface area contributed by atoms with E-state index in [0.717, 1.165) is 11.8 Å². The van der Waals surface area contributed by atoms with Gasteiger partial charge in [0.25, 0.3) is 0 Å². The van der Waals surface area contributed by atoms with Crippen LogP contribution in [0.5, 0.6) is 0 Å². The third kappa shape index (κ3) is 1.58. The molecule has 0 aliphatic heterocycles. The van der Waals surface area contributed by atoms with Gasteiger partial charge in [0.15, 0.2) is 0 Å². The molecule has 3 atom stereocenters. The summed E-state index contributed by atoms with van der Waals surface area (Å²) >= 11 is 0. The zero-order chi connectivity index (χ0) is 12.9. The lowest BCUT2D eigenvalue weighted by Crippen LogP contribution is -2.35. The zero-order valence-corrected chi connectivity index (χ0v) is 12.0. The maximum Gasteiger partial charge on any atom is 0.00244 e. The molecule has 3 aliphatic rings. The number of benzene rings is 1. The summed E-state index contributed by atoms with van der Waals surface area (Å²) in [5, 5.41) is 0. The van der Waals surface area contributed by atoms with Gasteiger partial charge in [-0.15, -0.1) is 0 Å². The quantitative estimate of drug-likeness (QED) is 0.663. The van der Waals surface area contributed by atoms with Crippen molar-refractivity contribution in [1.82, 2.24) is 0 Å². The Morgan fingerprint density at radius 3 is 2.95 bits per heavy atom. The highest BCUT2D eigenvalue weighted by Gasteiger charge is 2.50. The highest BCUT2D eigenvalue weighted by Crippen LogP contribution is 2.58. The Morgan fingerprint density at radius 2 is 2.21 bits per heavy atom. The van der Waals surface area contributed by atoms with Crippen molar-refractivity contribution in [3.63, 3.8) is 0 Å². The van der Waals surface area contributed by atoms with Gasteiger partial charge in [-0.3, -0.25) is 0 Å². The van der Waals surface area contributed by atoms with Crippen molar-refractivity contribution in [1.29, 1.82) is 0 Å². The highest BCUT2D eigenvalue weighted by molar-refractivity contribution is 5.45. The van der Waals surface area contributed by atoms with E-state index in [1.54, 1.807) is 16.7 Å². The summed E-state index contributed by atoms with van der Waals surface area (Å²) in [6.45, 7) is 2.30. The fourth-order valence-corrected chi connectivity index (χ4v) is 5.17. The standard InChI is InChI=1S/C19H24/c1-2-5-15-6-3-8-18-17(15)7-4-11-19(18)13-14-9-10-16(19)12-14/h3,6,8-10,14,16H,2,4-5,7,11-13H2,1H3. The van der Waals surface area contributed by atoms with Crippen LogP contribution >= 0.6 is 0 Å². The second kappa shape index (κ2) is 4.23. The van der Waals surface area contributed by atoms with Crippen LogP contribution in [-0.2, 0) is 18.3 Å². The molecule has 0 heteroatoms. The lowest BCUT2D eigenvalue weighted by atomic mass is 9.62. The molecule has 1 fully saturated rings. The number of aryl methyl sites for hydroxylation is 1. The van der Waals surface area contributed by atoms with Gasteiger partial charge < -0.3 is 0 Å². The van der Waals surface area contributed by atoms with Gasteiger partial charge in [-0.1, -0.05) is 43.7 Å². The second-order valence-electron chi connectivity index (χ2n) is 6.89. The SMILES string of the molecule is CCCc1cccc2c1CCCC21CC2C=CC1C2. The molecule has 2 bridgehead atoms. The van der Waals surface area contributed by atoms with Gasteiger partial charge in [0.2, 0.25) is 0 Å². The molecule has 3 aliphatic carbocycles. The Kier molecular flexibility index (Phi) is 2.62. The van der Waals surface area contributed by atoms with E-state index in [0.29, 0.717) is 5.41 Å². The molecule has 1 saturated carbocycles. The van der Waals surface area contributed by atoms with Crippen LogP contribution in [0.4, 0.5) is 0 Å². The van der Waals surface area contributed by atoms with Crippen molar-refractivity contribution in [2.45, 2.75) is 57.3 Å². The van der Waals surface area contributed by atoms with E-state index in [2.05, 4.69) is 37.3 Å². The molecule has 0 aromatic heterocycles. The van der Waals surface area contributed by atoms with Gasteiger partial charge in [-0.25, -0.2) is 0 Å². The second-order valence-corrected chi connectivity index (χ2v) is 6.89. The Bertz CT molecular complexity index is 525. The Labute approximate surface area is 116 Å². The first-order valence-corrected chi connectivity index (χ1v) is 8.13. The predicted molar refractivity (Wildman–Crippen MR) is 80.4 cm³/mol. The summed E-state index contributed by atoms with van der Waals surface area (Å²) in [5.41, 5.74) is 5.64. The smallest absolute Gasteiger partial charge is 0.00244 e. The van der Waals surface area contributed by atoms with Crippen molar-refractivity contribution in [2.75, 3.05) is 0 Å². The predicted octanol–water partition coefficient (Wildman–Crippen LogP) is 4.81. The normalized spacial score (nSPS) is 35.0. The first-order valence-electron chi connectivity index (χ1n) is 8.13. The fourth-order valence-electron chi connectivity index (χ4n) is 5.17. The van der Waals surface area contributed by atoms with Gasteiger partial charge in [0.1, 0.15) is 0 Å². The summed E-state index contributed by atoms with van der Waals surface area (Å²) in [7, 11) is 0. The average molecular weight is 252 g/mol. The summed E-state index contributed by atoms with van der Waals surface area (Å²) in [4.78, 5) is 0. The van der Waals surface area contributed by atoms with E-state index >= 15 is 0 Å². The molecule has 0 nitrogen and oxygen atoms in total. The van der Waals surface area contributed by atoms with Crippen molar-refractivity contribution in [3.05, 3.63) is 47.0 Å². The molecule has 0 amide bonds. The number of hydrogen-bond donors (Lipinski definition) is 0.